The van der Waals surface area contributed by atoms with Gasteiger partial charge < -0.3 is 21.3 Å². The van der Waals surface area contributed by atoms with Crippen molar-refractivity contribution in [3.63, 3.8) is 0 Å². The zero-order valence-electron chi connectivity index (χ0n) is 16.0. The normalized spacial score (nSPS) is 16.0. The number of carbonyl (C=O) groups excluding carboxylic acids is 1. The van der Waals surface area contributed by atoms with Crippen LogP contribution in [-0.2, 0) is 13.0 Å². The molecule has 0 spiro atoms. The highest BCUT2D eigenvalue weighted by atomic mass is 19.1. The van der Waals surface area contributed by atoms with E-state index in [0.717, 1.165) is 36.2 Å². The van der Waals surface area contributed by atoms with Crippen molar-refractivity contribution in [3.8, 4) is 0 Å². The first-order valence-electron chi connectivity index (χ1n) is 9.57. The van der Waals surface area contributed by atoms with Gasteiger partial charge >= 0.3 is 6.03 Å². The third kappa shape index (κ3) is 5.25. The maximum absolute atomic E-state index is 14.0. The lowest BCUT2D eigenvalue weighted by Gasteiger charge is -2.29. The molecule has 0 bridgehead atoms. The summed E-state index contributed by atoms with van der Waals surface area (Å²) in [6.45, 7) is 5.80. The number of rotatable bonds is 7. The first-order chi connectivity index (χ1) is 13.5. The van der Waals surface area contributed by atoms with Crippen LogP contribution in [0.25, 0.3) is 0 Å². The minimum absolute atomic E-state index is 0.167. The highest BCUT2D eigenvalue weighted by molar-refractivity contribution is 5.74. The van der Waals surface area contributed by atoms with Gasteiger partial charge in [0.25, 0.3) is 0 Å². The second-order valence-electron chi connectivity index (χ2n) is 7.13. The summed E-state index contributed by atoms with van der Waals surface area (Å²) in [5.41, 5.74) is 8.90. The Morgan fingerprint density at radius 3 is 2.68 bits per heavy atom. The van der Waals surface area contributed by atoms with E-state index in [1.165, 1.54) is 6.07 Å². The number of carbonyl (C=O) groups is 1. The van der Waals surface area contributed by atoms with Crippen molar-refractivity contribution in [1.82, 2.24) is 15.5 Å². The molecule has 1 aliphatic rings. The average molecular weight is 382 g/mol. The van der Waals surface area contributed by atoms with Crippen LogP contribution >= 0.6 is 0 Å². The van der Waals surface area contributed by atoms with Gasteiger partial charge in [0.15, 0.2) is 0 Å². The molecule has 28 heavy (non-hydrogen) atoms. The highest BCUT2D eigenvalue weighted by Gasteiger charge is 2.26. The number of nitrogens with two attached hydrogens (primary N) is 1. The van der Waals surface area contributed by atoms with Crippen LogP contribution in [0.1, 0.15) is 24.0 Å². The molecule has 2 aromatic carbocycles. The Morgan fingerprint density at radius 2 is 1.93 bits per heavy atom. The second-order valence-corrected chi connectivity index (χ2v) is 7.13. The number of benzene rings is 2. The van der Waals surface area contributed by atoms with Gasteiger partial charge in [-0.05, 0) is 48.6 Å². The molecule has 0 aliphatic carbocycles. The second kappa shape index (κ2) is 9.26. The van der Waals surface area contributed by atoms with Crippen LogP contribution in [0.5, 0.6) is 0 Å². The van der Waals surface area contributed by atoms with E-state index in [0.29, 0.717) is 25.2 Å². The fraction of sp³-hybridized carbons (Fsp3) is 0.318. The quantitative estimate of drug-likeness (QED) is 0.643. The summed E-state index contributed by atoms with van der Waals surface area (Å²) in [4.78, 5) is 14.3. The molecule has 148 valence electrons. The number of likely N-dealkylation sites (tertiary alicyclic amines) is 1. The lowest BCUT2D eigenvalue weighted by atomic mass is 10.0. The molecular weight excluding hydrogens is 355 g/mol. The Kier molecular flexibility index (Phi) is 6.53. The Bertz CT molecular complexity index is 822. The monoisotopic (exact) mass is 382 g/mol. The van der Waals surface area contributed by atoms with Crippen LogP contribution < -0.4 is 16.4 Å². The maximum Gasteiger partial charge on any atom is 0.315 e. The molecule has 2 aromatic rings. The van der Waals surface area contributed by atoms with Gasteiger partial charge in [0.2, 0.25) is 0 Å². The summed E-state index contributed by atoms with van der Waals surface area (Å²) >= 11 is 0. The molecule has 0 saturated carbocycles. The van der Waals surface area contributed by atoms with E-state index in [1.54, 1.807) is 18.2 Å². The molecule has 1 aliphatic heterocycles. The van der Waals surface area contributed by atoms with Crippen molar-refractivity contribution in [2.75, 3.05) is 18.8 Å². The number of amides is 2. The van der Waals surface area contributed by atoms with Gasteiger partial charge in [0.05, 0.1) is 6.54 Å². The Hall–Kier alpha value is -3.02. The van der Waals surface area contributed by atoms with Crippen molar-refractivity contribution in [2.24, 2.45) is 0 Å². The van der Waals surface area contributed by atoms with Crippen LogP contribution in [0.3, 0.4) is 0 Å². The number of hydrogen-bond acceptors (Lipinski definition) is 3. The lowest BCUT2D eigenvalue weighted by molar-refractivity contribution is 0.239. The lowest BCUT2D eigenvalue weighted by Crippen LogP contribution is -2.40. The smallest absolute Gasteiger partial charge is 0.315 e. The molecule has 1 atom stereocenters. The topological polar surface area (TPSA) is 70.4 Å². The van der Waals surface area contributed by atoms with Gasteiger partial charge in [-0.2, -0.15) is 0 Å². The summed E-state index contributed by atoms with van der Waals surface area (Å²) in [6.07, 6.45) is 2.69. The standard InChI is InChI=1S/C22H27FN4O/c1-16(14-25-22(28)26-15-17-8-10-19(24)11-9-17)27-12-4-6-20(27)13-18-5-2-3-7-21(18)23/h2-3,5,7-11,20H,1,4,6,12-15,24H2,(H2,25,26,28). The molecule has 5 nitrogen and oxygen atoms in total. The van der Waals surface area contributed by atoms with Gasteiger partial charge in [-0.15, -0.1) is 0 Å². The van der Waals surface area contributed by atoms with E-state index in [4.69, 9.17) is 5.73 Å². The molecule has 2 amide bonds. The predicted octanol–water partition coefficient (Wildman–Crippen LogP) is 3.43. The molecule has 1 fully saturated rings. The molecule has 6 heteroatoms. The van der Waals surface area contributed by atoms with Crippen LogP contribution in [0.15, 0.2) is 60.8 Å². The highest BCUT2D eigenvalue weighted by Crippen LogP contribution is 2.25. The zero-order chi connectivity index (χ0) is 19.9. The zero-order valence-corrected chi connectivity index (χ0v) is 16.0. The number of nitrogens with zero attached hydrogens (tertiary/aromatic N) is 1. The van der Waals surface area contributed by atoms with Crippen molar-refractivity contribution < 1.29 is 9.18 Å². The number of nitrogens with one attached hydrogen (secondary N) is 2. The summed E-state index contributed by atoms with van der Waals surface area (Å²) in [7, 11) is 0. The summed E-state index contributed by atoms with van der Waals surface area (Å²) in [5, 5.41) is 5.67. The van der Waals surface area contributed by atoms with Gasteiger partial charge in [-0.25, -0.2) is 9.18 Å². The summed E-state index contributed by atoms with van der Waals surface area (Å²) < 4.78 is 14.0. The van der Waals surface area contributed by atoms with Gasteiger partial charge in [0.1, 0.15) is 5.82 Å². The minimum atomic E-state index is -0.247. The molecule has 1 heterocycles. The molecule has 1 unspecified atom stereocenters. The molecule has 0 aromatic heterocycles. The number of nitrogen functional groups attached to an aromatic ring is 1. The summed E-state index contributed by atoms with van der Waals surface area (Å²) in [6, 6.07) is 14.2. The van der Waals surface area contributed by atoms with E-state index < -0.39 is 0 Å². The SMILES string of the molecule is C=C(CNC(=O)NCc1ccc(N)cc1)N1CCCC1Cc1ccccc1F. The van der Waals surface area contributed by atoms with Crippen molar-refractivity contribution in [2.45, 2.75) is 31.8 Å². The van der Waals surface area contributed by atoms with E-state index >= 15 is 0 Å². The molecular formula is C22H27FN4O. The minimum Gasteiger partial charge on any atom is -0.399 e. The van der Waals surface area contributed by atoms with Crippen LogP contribution in [0, 0.1) is 5.82 Å². The van der Waals surface area contributed by atoms with Gasteiger partial charge in [-0.1, -0.05) is 36.9 Å². The Labute approximate surface area is 165 Å². The number of urea groups is 1. The average Bonchev–Trinajstić information content (AvgIpc) is 3.16. The third-order valence-corrected chi connectivity index (χ3v) is 5.08. The molecule has 3 rings (SSSR count). The largest absolute Gasteiger partial charge is 0.399 e. The summed E-state index contributed by atoms with van der Waals surface area (Å²) in [5.74, 6) is -0.167. The fourth-order valence-corrected chi connectivity index (χ4v) is 3.55. The van der Waals surface area contributed by atoms with Gasteiger partial charge in [-0.3, -0.25) is 0 Å². The Balaban J connectivity index is 1.46. The predicted molar refractivity (Wildman–Crippen MR) is 110 cm³/mol. The van der Waals surface area contributed by atoms with Crippen LogP contribution in [-0.4, -0.2) is 30.1 Å². The van der Waals surface area contributed by atoms with Crippen molar-refractivity contribution in [3.05, 3.63) is 77.8 Å². The number of halogens is 1. The van der Waals surface area contributed by atoms with E-state index in [2.05, 4.69) is 22.1 Å². The number of anilines is 1. The van der Waals surface area contributed by atoms with Gasteiger partial charge in [0, 0.05) is 30.5 Å². The van der Waals surface area contributed by atoms with E-state index in [9.17, 15) is 9.18 Å². The van der Waals surface area contributed by atoms with E-state index in [-0.39, 0.29) is 17.9 Å². The number of hydrogen-bond donors (Lipinski definition) is 3. The van der Waals surface area contributed by atoms with E-state index in [1.807, 2.05) is 24.3 Å². The fourth-order valence-electron chi connectivity index (χ4n) is 3.55. The first-order valence-corrected chi connectivity index (χ1v) is 9.57. The van der Waals surface area contributed by atoms with Crippen molar-refractivity contribution in [1.29, 1.82) is 0 Å². The molecule has 1 saturated heterocycles. The van der Waals surface area contributed by atoms with Crippen LogP contribution in [0.2, 0.25) is 0 Å². The maximum atomic E-state index is 14.0. The van der Waals surface area contributed by atoms with Crippen molar-refractivity contribution >= 4 is 11.7 Å². The Morgan fingerprint density at radius 1 is 1.18 bits per heavy atom. The third-order valence-electron chi connectivity index (χ3n) is 5.08. The van der Waals surface area contributed by atoms with Crippen LogP contribution in [0.4, 0.5) is 14.9 Å². The molecule has 4 N–H and O–H groups in total. The molecule has 0 radical (unpaired) electrons. The first kappa shape index (κ1) is 19.7.